The van der Waals surface area contributed by atoms with Crippen molar-refractivity contribution in [1.29, 1.82) is 0 Å². The van der Waals surface area contributed by atoms with E-state index in [0.717, 1.165) is 19.1 Å². The van der Waals surface area contributed by atoms with Gasteiger partial charge in [-0.2, -0.15) is 0 Å². The fourth-order valence-corrected chi connectivity index (χ4v) is 0.770. The molecular weight excluding hydrogens is 112 g/mol. The molecule has 0 N–H and O–H groups in total. The maximum Gasteiger partial charge on any atom is 0.120 e. The van der Waals surface area contributed by atoms with E-state index in [2.05, 4.69) is 13.0 Å². The van der Waals surface area contributed by atoms with E-state index >= 15 is 0 Å². The molecule has 0 radical (unpaired) electrons. The average Bonchev–Trinajstić information content (AvgIpc) is 1.91. The van der Waals surface area contributed by atoms with Crippen LogP contribution in [0, 0.1) is 0 Å². The maximum absolute atomic E-state index is 9.91. The number of hydrogen-bond acceptors (Lipinski definition) is 1. The minimum absolute atomic E-state index is 0.674. The Hall–Kier alpha value is -0.590. The van der Waals surface area contributed by atoms with Crippen molar-refractivity contribution in [3.63, 3.8) is 0 Å². The molecule has 0 bridgehead atoms. The van der Waals surface area contributed by atoms with Crippen molar-refractivity contribution < 1.29 is 4.79 Å². The SMILES string of the molecule is C/C=C(/CC)CCC=O. The van der Waals surface area contributed by atoms with Crippen LogP contribution in [0.1, 0.15) is 33.1 Å². The van der Waals surface area contributed by atoms with Gasteiger partial charge in [0.1, 0.15) is 6.29 Å². The van der Waals surface area contributed by atoms with Crippen LogP contribution < -0.4 is 0 Å². The first-order chi connectivity index (χ1) is 4.35. The summed E-state index contributed by atoms with van der Waals surface area (Å²) in [5.74, 6) is 0. The molecule has 0 aromatic heterocycles. The Balaban J connectivity index is 3.44. The molecule has 52 valence electrons. The summed E-state index contributed by atoms with van der Waals surface area (Å²) in [6.45, 7) is 4.13. The lowest BCUT2D eigenvalue weighted by Gasteiger charge is -1.96. The smallest absolute Gasteiger partial charge is 0.120 e. The summed E-state index contributed by atoms with van der Waals surface area (Å²) in [7, 11) is 0. The summed E-state index contributed by atoms with van der Waals surface area (Å²) in [6, 6.07) is 0. The molecule has 1 heteroatoms. The van der Waals surface area contributed by atoms with Crippen molar-refractivity contribution in [2.75, 3.05) is 0 Å². The fraction of sp³-hybridized carbons (Fsp3) is 0.625. The zero-order valence-corrected chi connectivity index (χ0v) is 6.18. The summed E-state index contributed by atoms with van der Waals surface area (Å²) >= 11 is 0. The highest BCUT2D eigenvalue weighted by atomic mass is 16.1. The van der Waals surface area contributed by atoms with Crippen LogP contribution >= 0.6 is 0 Å². The molecule has 0 unspecified atom stereocenters. The molecule has 0 spiro atoms. The normalized spacial score (nSPS) is 11.6. The number of carbonyl (C=O) groups is 1. The van der Waals surface area contributed by atoms with Gasteiger partial charge in [-0.25, -0.2) is 0 Å². The Morgan fingerprint density at radius 2 is 2.22 bits per heavy atom. The highest BCUT2D eigenvalue weighted by Crippen LogP contribution is 2.06. The molecule has 0 fully saturated rings. The molecule has 0 heterocycles. The largest absolute Gasteiger partial charge is 0.303 e. The van der Waals surface area contributed by atoms with Gasteiger partial charge in [0.25, 0.3) is 0 Å². The molecule has 0 saturated carbocycles. The summed E-state index contributed by atoms with van der Waals surface area (Å²) in [6.07, 6.45) is 5.75. The zero-order chi connectivity index (χ0) is 7.11. The van der Waals surface area contributed by atoms with E-state index in [0.29, 0.717) is 6.42 Å². The van der Waals surface area contributed by atoms with Crippen LogP contribution in [0.3, 0.4) is 0 Å². The van der Waals surface area contributed by atoms with Gasteiger partial charge in [0, 0.05) is 6.42 Å². The van der Waals surface area contributed by atoms with Crippen LogP contribution in [-0.4, -0.2) is 6.29 Å². The standard InChI is InChI=1S/C8H14O/c1-3-8(4-2)6-5-7-9/h3,7H,4-6H2,1-2H3/b8-3-. The van der Waals surface area contributed by atoms with Crippen LogP contribution in [0.15, 0.2) is 11.6 Å². The van der Waals surface area contributed by atoms with Gasteiger partial charge in [-0.1, -0.05) is 18.6 Å². The van der Waals surface area contributed by atoms with Crippen LogP contribution in [0.4, 0.5) is 0 Å². The van der Waals surface area contributed by atoms with Crippen LogP contribution in [0.25, 0.3) is 0 Å². The van der Waals surface area contributed by atoms with Crippen molar-refractivity contribution in [3.8, 4) is 0 Å². The van der Waals surface area contributed by atoms with E-state index in [1.807, 2.05) is 6.92 Å². The van der Waals surface area contributed by atoms with Gasteiger partial charge in [0.15, 0.2) is 0 Å². The molecule has 0 atom stereocenters. The molecule has 9 heavy (non-hydrogen) atoms. The predicted octanol–water partition coefficient (Wildman–Crippen LogP) is 2.32. The van der Waals surface area contributed by atoms with Crippen molar-refractivity contribution in [2.24, 2.45) is 0 Å². The maximum atomic E-state index is 9.91. The Bertz CT molecular complexity index is 103. The number of carbonyl (C=O) groups excluding carboxylic acids is 1. The molecule has 0 aliphatic heterocycles. The van der Waals surface area contributed by atoms with Gasteiger partial charge < -0.3 is 4.79 Å². The zero-order valence-electron chi connectivity index (χ0n) is 6.18. The minimum atomic E-state index is 0.674. The molecule has 0 rings (SSSR count). The van der Waals surface area contributed by atoms with Gasteiger partial charge in [0.05, 0.1) is 0 Å². The van der Waals surface area contributed by atoms with E-state index in [1.54, 1.807) is 0 Å². The second kappa shape index (κ2) is 5.54. The quantitative estimate of drug-likeness (QED) is 0.417. The van der Waals surface area contributed by atoms with Crippen molar-refractivity contribution in [1.82, 2.24) is 0 Å². The lowest BCUT2D eigenvalue weighted by Crippen LogP contribution is -1.81. The second-order valence-electron chi connectivity index (χ2n) is 2.01. The van der Waals surface area contributed by atoms with E-state index in [9.17, 15) is 4.79 Å². The first kappa shape index (κ1) is 8.41. The Labute approximate surface area is 56.8 Å². The van der Waals surface area contributed by atoms with Crippen LogP contribution in [0.5, 0.6) is 0 Å². The van der Waals surface area contributed by atoms with Crippen molar-refractivity contribution in [3.05, 3.63) is 11.6 Å². The number of rotatable bonds is 4. The van der Waals surface area contributed by atoms with Gasteiger partial charge in [-0.15, -0.1) is 0 Å². The fourth-order valence-electron chi connectivity index (χ4n) is 0.770. The molecule has 1 nitrogen and oxygen atoms in total. The summed E-state index contributed by atoms with van der Waals surface area (Å²) in [4.78, 5) is 9.91. The monoisotopic (exact) mass is 126 g/mol. The minimum Gasteiger partial charge on any atom is -0.303 e. The lowest BCUT2D eigenvalue weighted by molar-refractivity contribution is -0.107. The summed E-state index contributed by atoms with van der Waals surface area (Å²) in [5.41, 5.74) is 1.38. The molecule has 0 amide bonds. The molecule has 0 aliphatic rings. The molecule has 0 aromatic rings. The number of allylic oxidation sites excluding steroid dienone is 2. The summed E-state index contributed by atoms with van der Waals surface area (Å²) in [5, 5.41) is 0. The van der Waals surface area contributed by atoms with Crippen molar-refractivity contribution in [2.45, 2.75) is 33.1 Å². The van der Waals surface area contributed by atoms with E-state index < -0.39 is 0 Å². The van der Waals surface area contributed by atoms with Gasteiger partial charge in [-0.3, -0.25) is 0 Å². The first-order valence-electron chi connectivity index (χ1n) is 3.42. The third kappa shape index (κ3) is 3.95. The average molecular weight is 126 g/mol. The van der Waals surface area contributed by atoms with Gasteiger partial charge in [-0.05, 0) is 19.8 Å². The van der Waals surface area contributed by atoms with E-state index in [-0.39, 0.29) is 0 Å². The van der Waals surface area contributed by atoms with Gasteiger partial charge in [0.2, 0.25) is 0 Å². The number of hydrogen-bond donors (Lipinski definition) is 0. The highest BCUT2D eigenvalue weighted by molar-refractivity contribution is 5.49. The second-order valence-corrected chi connectivity index (χ2v) is 2.01. The van der Waals surface area contributed by atoms with Crippen molar-refractivity contribution >= 4 is 6.29 Å². The van der Waals surface area contributed by atoms with E-state index in [1.165, 1.54) is 5.57 Å². The number of aldehydes is 1. The lowest BCUT2D eigenvalue weighted by atomic mass is 10.1. The van der Waals surface area contributed by atoms with E-state index in [4.69, 9.17) is 0 Å². The third-order valence-electron chi connectivity index (χ3n) is 1.45. The Morgan fingerprint density at radius 1 is 1.56 bits per heavy atom. The Kier molecular flexibility index (Phi) is 5.18. The van der Waals surface area contributed by atoms with Crippen LogP contribution in [-0.2, 0) is 4.79 Å². The molecular formula is C8H14O. The van der Waals surface area contributed by atoms with Gasteiger partial charge >= 0.3 is 0 Å². The highest BCUT2D eigenvalue weighted by Gasteiger charge is 1.89. The first-order valence-corrected chi connectivity index (χ1v) is 3.42. The molecule has 0 aliphatic carbocycles. The molecule has 0 saturated heterocycles. The third-order valence-corrected chi connectivity index (χ3v) is 1.45. The predicted molar refractivity (Wildman–Crippen MR) is 39.3 cm³/mol. The summed E-state index contributed by atoms with van der Waals surface area (Å²) < 4.78 is 0. The Morgan fingerprint density at radius 3 is 2.56 bits per heavy atom. The molecule has 0 aromatic carbocycles. The topological polar surface area (TPSA) is 17.1 Å². The van der Waals surface area contributed by atoms with Crippen LogP contribution in [0.2, 0.25) is 0 Å².